The number of fused-ring (bicyclic) bond motifs is 2. The monoisotopic (exact) mass is 374 g/mol. The number of carbonyl (C=O) groups is 1. The molecule has 0 aromatic heterocycles. The number of nitrogens with one attached hydrogen (secondary N) is 1. The fourth-order valence-corrected chi connectivity index (χ4v) is 4.19. The largest absolute Gasteiger partial charge is 0.404 e. The van der Waals surface area contributed by atoms with Crippen LogP contribution in [0.3, 0.4) is 0 Å². The Balaban J connectivity index is 1.76. The van der Waals surface area contributed by atoms with Crippen molar-refractivity contribution in [1.82, 2.24) is 0 Å². The number of allylic oxidation sites excluding steroid dienone is 1. The van der Waals surface area contributed by atoms with Gasteiger partial charge in [0.25, 0.3) is 0 Å². The Morgan fingerprint density at radius 3 is 2.93 bits per heavy atom. The molecule has 0 radical (unpaired) electrons. The summed E-state index contributed by atoms with van der Waals surface area (Å²) in [7, 11) is 1.75. The van der Waals surface area contributed by atoms with Gasteiger partial charge in [0.2, 0.25) is 5.91 Å². The van der Waals surface area contributed by atoms with Gasteiger partial charge >= 0.3 is 0 Å². The zero-order chi connectivity index (χ0) is 19.7. The van der Waals surface area contributed by atoms with E-state index < -0.39 is 0 Å². The summed E-state index contributed by atoms with van der Waals surface area (Å²) in [6.07, 6.45) is 6.30. The van der Waals surface area contributed by atoms with Crippen LogP contribution in [0.4, 0.5) is 17.1 Å². The Bertz CT molecular complexity index is 977. The molecule has 3 N–H and O–H groups in total. The van der Waals surface area contributed by atoms with Gasteiger partial charge in [-0.25, -0.2) is 0 Å². The van der Waals surface area contributed by atoms with Gasteiger partial charge in [-0.05, 0) is 54.7 Å². The predicted molar refractivity (Wildman–Crippen MR) is 116 cm³/mol. The molecule has 28 heavy (non-hydrogen) atoms. The van der Waals surface area contributed by atoms with Crippen molar-refractivity contribution in [3.8, 4) is 0 Å². The summed E-state index contributed by atoms with van der Waals surface area (Å²) in [6, 6.07) is 12.7. The number of aryl methyl sites for hydroxylation is 1. The van der Waals surface area contributed by atoms with Crippen molar-refractivity contribution in [2.24, 2.45) is 16.6 Å². The molecular weight excluding hydrogens is 348 g/mol. The number of aliphatic imine (C=N–C) groups is 1. The van der Waals surface area contributed by atoms with Crippen molar-refractivity contribution >= 4 is 34.8 Å². The number of nitrogens with two attached hydrogens (primary N) is 1. The number of rotatable bonds is 3. The van der Waals surface area contributed by atoms with E-state index in [-0.39, 0.29) is 11.8 Å². The Hall–Kier alpha value is -3.08. The first-order valence-corrected chi connectivity index (χ1v) is 9.80. The first-order valence-electron chi connectivity index (χ1n) is 9.80. The summed E-state index contributed by atoms with van der Waals surface area (Å²) in [5, 5.41) is 3.06. The Morgan fingerprint density at radius 1 is 1.29 bits per heavy atom. The van der Waals surface area contributed by atoms with E-state index in [9.17, 15) is 4.79 Å². The molecule has 2 aromatic carbocycles. The second-order valence-corrected chi connectivity index (χ2v) is 7.51. The predicted octanol–water partition coefficient (Wildman–Crippen LogP) is 3.90. The van der Waals surface area contributed by atoms with E-state index in [0.29, 0.717) is 0 Å². The third kappa shape index (κ3) is 3.17. The summed E-state index contributed by atoms with van der Waals surface area (Å²) >= 11 is 0. The van der Waals surface area contributed by atoms with Crippen molar-refractivity contribution < 1.29 is 4.79 Å². The van der Waals surface area contributed by atoms with Gasteiger partial charge in [0.05, 0.1) is 0 Å². The zero-order valence-corrected chi connectivity index (χ0v) is 16.4. The average Bonchev–Trinajstić information content (AvgIpc) is 2.71. The molecular formula is C23H26N4O. The number of carbonyl (C=O) groups excluding carboxylic acids is 1. The van der Waals surface area contributed by atoms with Crippen LogP contribution in [-0.2, 0) is 17.6 Å². The number of benzene rings is 2. The first kappa shape index (κ1) is 18.3. The lowest BCUT2D eigenvalue weighted by atomic mass is 9.91. The van der Waals surface area contributed by atoms with E-state index in [1.165, 1.54) is 22.5 Å². The smallest absolute Gasteiger partial charge is 0.227 e. The molecule has 1 atom stereocenters. The molecule has 2 heterocycles. The van der Waals surface area contributed by atoms with Gasteiger partial charge < -0.3 is 16.0 Å². The maximum absolute atomic E-state index is 12.1. The summed E-state index contributed by atoms with van der Waals surface area (Å²) in [6.45, 7) is 2.96. The average molecular weight is 374 g/mol. The number of anilines is 3. The third-order valence-electron chi connectivity index (χ3n) is 5.64. The molecule has 0 spiro atoms. The van der Waals surface area contributed by atoms with Crippen LogP contribution in [0.1, 0.15) is 30.0 Å². The Kier molecular flexibility index (Phi) is 4.90. The molecule has 0 saturated carbocycles. The molecule has 0 saturated heterocycles. The Labute approximate surface area is 166 Å². The standard InChI is InChI=1S/C23H26N4O/c1-15-11-19-20(26-23(15)28)6-3-7-22(19)27-10-4-5-17-12-16(8-9-21(17)27)18(13-24)14-25-2/h3,6-9,12-15H,4-5,10-11,24H2,1-2H3,(H,26,28)/t15-/m0/s1. The highest BCUT2D eigenvalue weighted by atomic mass is 16.1. The van der Waals surface area contributed by atoms with Crippen molar-refractivity contribution in [2.45, 2.75) is 26.2 Å². The van der Waals surface area contributed by atoms with Gasteiger partial charge in [-0.15, -0.1) is 0 Å². The highest BCUT2D eigenvalue weighted by Crippen LogP contribution is 2.40. The molecule has 2 aliphatic rings. The van der Waals surface area contributed by atoms with Crippen molar-refractivity contribution in [2.75, 3.05) is 23.8 Å². The first-order chi connectivity index (χ1) is 13.6. The van der Waals surface area contributed by atoms with Gasteiger partial charge in [-0.2, -0.15) is 0 Å². The topological polar surface area (TPSA) is 70.7 Å². The van der Waals surface area contributed by atoms with Gasteiger partial charge in [-0.1, -0.05) is 19.1 Å². The maximum atomic E-state index is 12.1. The third-order valence-corrected chi connectivity index (χ3v) is 5.64. The van der Waals surface area contributed by atoms with E-state index in [1.54, 1.807) is 19.5 Å². The lowest BCUT2D eigenvalue weighted by molar-refractivity contribution is -0.119. The van der Waals surface area contributed by atoms with Crippen LogP contribution in [0.2, 0.25) is 0 Å². The number of hydrogen-bond acceptors (Lipinski definition) is 4. The normalized spacial score (nSPS) is 19.4. The molecule has 0 unspecified atom stereocenters. The minimum absolute atomic E-state index is 0.00846. The van der Waals surface area contributed by atoms with Gasteiger partial charge in [0.15, 0.2) is 0 Å². The van der Waals surface area contributed by atoms with Gasteiger partial charge in [0.1, 0.15) is 0 Å². The van der Waals surface area contributed by atoms with Crippen LogP contribution >= 0.6 is 0 Å². The molecule has 2 aromatic rings. The highest BCUT2D eigenvalue weighted by molar-refractivity contribution is 6.09. The van der Waals surface area contributed by atoms with Crippen molar-refractivity contribution in [1.29, 1.82) is 0 Å². The lowest BCUT2D eigenvalue weighted by Gasteiger charge is -2.35. The second kappa shape index (κ2) is 7.50. The fourth-order valence-electron chi connectivity index (χ4n) is 4.19. The molecule has 5 nitrogen and oxygen atoms in total. The van der Waals surface area contributed by atoms with Gasteiger partial charge in [-0.3, -0.25) is 9.79 Å². The molecule has 2 aliphatic heterocycles. The number of hydrogen-bond donors (Lipinski definition) is 2. The molecule has 1 amide bonds. The molecule has 0 fully saturated rings. The van der Waals surface area contributed by atoms with Crippen LogP contribution in [0.5, 0.6) is 0 Å². The van der Waals surface area contributed by atoms with E-state index in [2.05, 4.69) is 39.5 Å². The fraction of sp³-hybridized carbons (Fsp3) is 0.304. The minimum atomic E-state index is -0.00846. The van der Waals surface area contributed by atoms with Crippen LogP contribution in [0.15, 0.2) is 47.6 Å². The van der Waals surface area contributed by atoms with Crippen LogP contribution < -0.4 is 16.0 Å². The highest BCUT2D eigenvalue weighted by Gasteiger charge is 2.28. The summed E-state index contributed by atoms with van der Waals surface area (Å²) < 4.78 is 0. The lowest BCUT2D eigenvalue weighted by Crippen LogP contribution is -2.31. The molecule has 4 rings (SSSR count). The Morgan fingerprint density at radius 2 is 2.14 bits per heavy atom. The summed E-state index contributed by atoms with van der Waals surface area (Å²) in [5.41, 5.74) is 13.7. The zero-order valence-electron chi connectivity index (χ0n) is 16.4. The molecule has 0 bridgehead atoms. The second-order valence-electron chi connectivity index (χ2n) is 7.51. The minimum Gasteiger partial charge on any atom is -0.404 e. The van der Waals surface area contributed by atoms with Crippen LogP contribution in [0, 0.1) is 5.92 Å². The molecule has 144 valence electrons. The van der Waals surface area contributed by atoms with Crippen LogP contribution in [0.25, 0.3) is 5.57 Å². The van der Waals surface area contributed by atoms with Crippen LogP contribution in [-0.4, -0.2) is 25.7 Å². The summed E-state index contributed by atoms with van der Waals surface area (Å²) in [5.74, 6) is 0.0953. The molecule has 0 aliphatic carbocycles. The van der Waals surface area contributed by atoms with E-state index in [0.717, 1.165) is 42.6 Å². The SMILES string of the molecule is CN=CC(=CN)c1ccc2c(c1)CCCN2c1cccc2c1C[C@H](C)C(=O)N2. The van der Waals surface area contributed by atoms with E-state index >= 15 is 0 Å². The van der Waals surface area contributed by atoms with Crippen molar-refractivity contribution in [3.63, 3.8) is 0 Å². The molecule has 5 heteroatoms. The van der Waals surface area contributed by atoms with Crippen molar-refractivity contribution in [3.05, 3.63) is 59.3 Å². The maximum Gasteiger partial charge on any atom is 0.227 e. The number of amides is 1. The number of nitrogens with zero attached hydrogens (tertiary/aromatic N) is 2. The quantitative estimate of drug-likeness (QED) is 0.801. The summed E-state index contributed by atoms with van der Waals surface area (Å²) in [4.78, 5) is 18.6. The van der Waals surface area contributed by atoms with E-state index in [4.69, 9.17) is 5.73 Å². The van der Waals surface area contributed by atoms with E-state index in [1.807, 2.05) is 19.1 Å². The van der Waals surface area contributed by atoms with Gasteiger partial charge in [0, 0.05) is 60.1 Å².